The van der Waals surface area contributed by atoms with Crippen LogP contribution in [-0.2, 0) is 0 Å². The Labute approximate surface area is 112 Å². The highest BCUT2D eigenvalue weighted by molar-refractivity contribution is 5.96. The van der Waals surface area contributed by atoms with Gasteiger partial charge in [0, 0.05) is 18.2 Å². The Morgan fingerprint density at radius 3 is 2.21 bits per heavy atom. The van der Waals surface area contributed by atoms with E-state index in [4.69, 9.17) is 10.4 Å². The van der Waals surface area contributed by atoms with Crippen molar-refractivity contribution in [3.05, 3.63) is 35.4 Å². The number of carbonyl (C=O) groups is 2. The van der Waals surface area contributed by atoms with Crippen LogP contribution in [0.25, 0.3) is 0 Å². The summed E-state index contributed by atoms with van der Waals surface area (Å²) in [5.74, 6) is -1.22. The molecule has 0 bridgehead atoms. The van der Waals surface area contributed by atoms with Crippen molar-refractivity contribution in [2.45, 2.75) is 26.3 Å². The highest BCUT2D eigenvalue weighted by Crippen LogP contribution is 2.11. The van der Waals surface area contributed by atoms with Gasteiger partial charge in [-0.15, -0.1) is 0 Å². The maximum atomic E-state index is 12.2. The van der Waals surface area contributed by atoms with E-state index in [1.807, 2.05) is 19.9 Å². The Hall–Kier alpha value is -2.35. The van der Waals surface area contributed by atoms with Crippen LogP contribution in [0.4, 0.5) is 0 Å². The zero-order valence-corrected chi connectivity index (χ0v) is 11.0. The normalized spacial score (nSPS) is 10.0. The molecule has 0 aliphatic rings. The number of hydrogen-bond acceptors (Lipinski definition) is 3. The molecule has 1 rings (SSSR count). The minimum Gasteiger partial charge on any atom is -0.478 e. The molecule has 0 aromatic heterocycles. The number of amides is 1. The molecular formula is C14H16N2O3. The largest absolute Gasteiger partial charge is 0.478 e. The Morgan fingerprint density at radius 2 is 1.79 bits per heavy atom. The first kappa shape index (κ1) is 14.7. The van der Waals surface area contributed by atoms with E-state index >= 15 is 0 Å². The molecule has 5 heteroatoms. The summed E-state index contributed by atoms with van der Waals surface area (Å²) < 4.78 is 0. The number of rotatable bonds is 5. The third-order valence-electron chi connectivity index (χ3n) is 2.73. The van der Waals surface area contributed by atoms with Crippen LogP contribution in [0.15, 0.2) is 24.3 Å². The number of benzene rings is 1. The fourth-order valence-corrected chi connectivity index (χ4v) is 1.69. The van der Waals surface area contributed by atoms with E-state index in [2.05, 4.69) is 0 Å². The average molecular weight is 260 g/mol. The van der Waals surface area contributed by atoms with Crippen LogP contribution in [0.5, 0.6) is 0 Å². The molecule has 0 spiro atoms. The average Bonchev–Trinajstić information content (AvgIpc) is 2.38. The van der Waals surface area contributed by atoms with Crippen molar-refractivity contribution in [2.75, 3.05) is 6.54 Å². The summed E-state index contributed by atoms with van der Waals surface area (Å²) in [5, 5.41) is 17.4. The summed E-state index contributed by atoms with van der Waals surface area (Å²) in [6, 6.07) is 7.79. The molecule has 0 saturated carbocycles. The quantitative estimate of drug-likeness (QED) is 0.879. The lowest BCUT2D eigenvalue weighted by molar-refractivity contribution is 0.0688. The maximum Gasteiger partial charge on any atom is 0.335 e. The molecule has 1 N–H and O–H groups in total. The number of nitrogens with zero attached hydrogens (tertiary/aromatic N) is 2. The number of carbonyl (C=O) groups excluding carboxylic acids is 1. The molecule has 0 fully saturated rings. The van der Waals surface area contributed by atoms with Gasteiger partial charge in [-0.05, 0) is 38.1 Å². The number of carboxylic acid groups (broad SMARTS) is 1. The number of nitriles is 1. The van der Waals surface area contributed by atoms with Crippen molar-refractivity contribution < 1.29 is 14.7 Å². The second-order valence-electron chi connectivity index (χ2n) is 4.38. The molecule has 0 saturated heterocycles. The lowest BCUT2D eigenvalue weighted by atomic mass is 10.1. The van der Waals surface area contributed by atoms with E-state index in [1.54, 1.807) is 4.90 Å². The summed E-state index contributed by atoms with van der Waals surface area (Å²) in [7, 11) is 0. The lowest BCUT2D eigenvalue weighted by Gasteiger charge is -2.25. The smallest absolute Gasteiger partial charge is 0.335 e. The molecule has 5 nitrogen and oxygen atoms in total. The summed E-state index contributed by atoms with van der Waals surface area (Å²) in [6.45, 7) is 4.12. The molecule has 1 amide bonds. The molecule has 0 atom stereocenters. The van der Waals surface area contributed by atoms with Gasteiger partial charge in [-0.25, -0.2) is 4.79 Å². The van der Waals surface area contributed by atoms with Crippen molar-refractivity contribution in [2.24, 2.45) is 0 Å². The summed E-state index contributed by atoms with van der Waals surface area (Å²) in [4.78, 5) is 24.6. The fraction of sp³-hybridized carbons (Fsp3) is 0.357. The number of aromatic carboxylic acids is 1. The highest BCUT2D eigenvalue weighted by atomic mass is 16.4. The van der Waals surface area contributed by atoms with Crippen molar-refractivity contribution in [3.8, 4) is 6.07 Å². The summed E-state index contributed by atoms with van der Waals surface area (Å²) in [6.07, 6.45) is 0.275. The van der Waals surface area contributed by atoms with Gasteiger partial charge < -0.3 is 10.0 Å². The molecule has 0 radical (unpaired) electrons. The van der Waals surface area contributed by atoms with E-state index in [0.29, 0.717) is 12.1 Å². The van der Waals surface area contributed by atoms with Gasteiger partial charge in [-0.1, -0.05) is 0 Å². The van der Waals surface area contributed by atoms with E-state index in [0.717, 1.165) is 0 Å². The van der Waals surface area contributed by atoms with Gasteiger partial charge in [0.2, 0.25) is 0 Å². The van der Waals surface area contributed by atoms with Gasteiger partial charge in [0.05, 0.1) is 18.1 Å². The standard InChI is InChI=1S/C14H16N2O3/c1-10(2)16(9-3-8-15)13(17)11-4-6-12(7-5-11)14(18)19/h4-7,10H,3,9H2,1-2H3,(H,18,19). The van der Waals surface area contributed by atoms with Crippen LogP contribution in [0.3, 0.4) is 0 Å². The van der Waals surface area contributed by atoms with Gasteiger partial charge in [-0.3, -0.25) is 4.79 Å². The molecule has 0 aliphatic heterocycles. The first-order valence-electron chi connectivity index (χ1n) is 5.98. The molecule has 0 aliphatic carbocycles. The maximum absolute atomic E-state index is 12.2. The molecule has 0 unspecified atom stereocenters. The van der Waals surface area contributed by atoms with Crippen molar-refractivity contribution in [1.82, 2.24) is 4.90 Å². The van der Waals surface area contributed by atoms with Crippen LogP contribution in [0, 0.1) is 11.3 Å². The highest BCUT2D eigenvalue weighted by Gasteiger charge is 2.18. The van der Waals surface area contributed by atoms with E-state index in [1.165, 1.54) is 24.3 Å². The zero-order chi connectivity index (χ0) is 14.4. The molecule has 100 valence electrons. The molecule has 1 aromatic carbocycles. The minimum absolute atomic E-state index is 0.0139. The number of hydrogen-bond donors (Lipinski definition) is 1. The summed E-state index contributed by atoms with van der Waals surface area (Å²) >= 11 is 0. The van der Waals surface area contributed by atoms with Crippen LogP contribution in [-0.4, -0.2) is 34.5 Å². The van der Waals surface area contributed by atoms with Crippen LogP contribution in [0.1, 0.15) is 41.0 Å². The van der Waals surface area contributed by atoms with Crippen molar-refractivity contribution in [3.63, 3.8) is 0 Å². The first-order valence-corrected chi connectivity index (χ1v) is 5.98. The molecule has 0 heterocycles. The van der Waals surface area contributed by atoms with Crippen LogP contribution in [0.2, 0.25) is 0 Å². The molecule has 1 aromatic rings. The second-order valence-corrected chi connectivity index (χ2v) is 4.38. The Morgan fingerprint density at radius 1 is 1.26 bits per heavy atom. The SMILES string of the molecule is CC(C)N(CCC#N)C(=O)c1ccc(C(=O)O)cc1. The molecule has 19 heavy (non-hydrogen) atoms. The van der Waals surface area contributed by atoms with Gasteiger partial charge in [0.15, 0.2) is 0 Å². The first-order chi connectivity index (χ1) is 8.97. The second kappa shape index (κ2) is 6.55. The fourth-order valence-electron chi connectivity index (χ4n) is 1.69. The van der Waals surface area contributed by atoms with Gasteiger partial charge in [0.25, 0.3) is 5.91 Å². The van der Waals surface area contributed by atoms with Crippen molar-refractivity contribution in [1.29, 1.82) is 5.26 Å². The van der Waals surface area contributed by atoms with Gasteiger partial charge in [-0.2, -0.15) is 5.26 Å². The Bertz CT molecular complexity index is 500. The third kappa shape index (κ3) is 3.81. The van der Waals surface area contributed by atoms with Crippen molar-refractivity contribution >= 4 is 11.9 Å². The minimum atomic E-state index is -1.02. The molecular weight excluding hydrogens is 244 g/mol. The van der Waals surface area contributed by atoms with E-state index < -0.39 is 5.97 Å². The zero-order valence-electron chi connectivity index (χ0n) is 11.0. The van der Waals surface area contributed by atoms with Crippen LogP contribution >= 0.6 is 0 Å². The predicted molar refractivity (Wildman–Crippen MR) is 69.8 cm³/mol. The van der Waals surface area contributed by atoms with Crippen LogP contribution < -0.4 is 0 Å². The van der Waals surface area contributed by atoms with Gasteiger partial charge in [0.1, 0.15) is 0 Å². The topological polar surface area (TPSA) is 81.4 Å². The third-order valence-corrected chi connectivity index (χ3v) is 2.73. The summed E-state index contributed by atoms with van der Waals surface area (Å²) in [5.41, 5.74) is 0.571. The van der Waals surface area contributed by atoms with E-state index in [9.17, 15) is 9.59 Å². The van der Waals surface area contributed by atoms with E-state index in [-0.39, 0.29) is 23.9 Å². The predicted octanol–water partition coefficient (Wildman–Crippen LogP) is 2.15. The monoisotopic (exact) mass is 260 g/mol. The lowest BCUT2D eigenvalue weighted by Crippen LogP contribution is -2.37. The Balaban J connectivity index is 2.90. The number of carboxylic acids is 1. The van der Waals surface area contributed by atoms with Gasteiger partial charge >= 0.3 is 5.97 Å². The Kier molecular flexibility index (Phi) is 5.07.